The zero-order valence-corrected chi connectivity index (χ0v) is 19.5. The van der Waals surface area contributed by atoms with E-state index >= 15 is 0 Å². The molecule has 33 heavy (non-hydrogen) atoms. The fourth-order valence-electron chi connectivity index (χ4n) is 3.40. The monoisotopic (exact) mass is 477 g/mol. The second-order valence-corrected chi connectivity index (χ2v) is 9.16. The van der Waals surface area contributed by atoms with E-state index in [2.05, 4.69) is 10.3 Å². The number of para-hydroxylation sites is 1. The molecule has 4 rings (SSSR count). The summed E-state index contributed by atoms with van der Waals surface area (Å²) in [5.74, 6) is -0.297. The number of thioether (sulfide) groups is 1. The van der Waals surface area contributed by atoms with Crippen molar-refractivity contribution in [1.82, 2.24) is 9.55 Å². The first-order chi connectivity index (χ1) is 15.8. The van der Waals surface area contributed by atoms with Crippen molar-refractivity contribution in [2.24, 2.45) is 0 Å². The summed E-state index contributed by atoms with van der Waals surface area (Å²) in [6.45, 7) is 3.20. The molecule has 1 atom stereocenters. The van der Waals surface area contributed by atoms with Gasteiger partial charge in [0.05, 0.1) is 21.8 Å². The molecule has 1 aromatic heterocycles. The van der Waals surface area contributed by atoms with E-state index in [1.54, 1.807) is 73.7 Å². The van der Waals surface area contributed by atoms with Crippen LogP contribution in [0.1, 0.15) is 24.2 Å². The van der Waals surface area contributed by atoms with E-state index in [1.807, 2.05) is 6.07 Å². The summed E-state index contributed by atoms with van der Waals surface area (Å²) < 4.78 is 1.49. The summed E-state index contributed by atoms with van der Waals surface area (Å²) in [4.78, 5) is 42.3. The molecule has 0 spiro atoms. The molecule has 3 aromatic carbocycles. The van der Waals surface area contributed by atoms with E-state index in [-0.39, 0.29) is 17.2 Å². The standard InChI is InChI=1S/C25H20ClN3O3S/c1-15(23(31)17-10-12-19(13-11-17)27-16(2)30)33-25-28-22-9-4-3-8-21(22)24(32)29(25)20-7-5-6-18(26)14-20/h3-15H,1-2H3,(H,27,30). The topological polar surface area (TPSA) is 81.1 Å². The third-order valence-electron chi connectivity index (χ3n) is 4.95. The average Bonchev–Trinajstić information content (AvgIpc) is 2.79. The zero-order valence-electron chi connectivity index (χ0n) is 17.9. The van der Waals surface area contributed by atoms with Crippen LogP contribution in [0.2, 0.25) is 5.02 Å². The van der Waals surface area contributed by atoms with Gasteiger partial charge < -0.3 is 5.32 Å². The minimum atomic E-state index is -0.518. The number of amides is 1. The quantitative estimate of drug-likeness (QED) is 0.229. The second kappa shape index (κ2) is 9.60. The molecule has 1 unspecified atom stereocenters. The lowest BCUT2D eigenvalue weighted by molar-refractivity contribution is -0.114. The largest absolute Gasteiger partial charge is 0.326 e. The van der Waals surface area contributed by atoms with E-state index in [4.69, 9.17) is 11.6 Å². The Morgan fingerprint density at radius 3 is 2.45 bits per heavy atom. The number of carbonyl (C=O) groups excluding carboxylic acids is 2. The lowest BCUT2D eigenvalue weighted by atomic mass is 10.1. The summed E-state index contributed by atoms with van der Waals surface area (Å²) >= 11 is 7.38. The van der Waals surface area contributed by atoms with E-state index in [9.17, 15) is 14.4 Å². The lowest BCUT2D eigenvalue weighted by Gasteiger charge is -2.16. The highest BCUT2D eigenvalue weighted by atomic mass is 35.5. The summed E-state index contributed by atoms with van der Waals surface area (Å²) in [5, 5.41) is 3.53. The third-order valence-corrected chi connectivity index (χ3v) is 6.24. The Kier molecular flexibility index (Phi) is 6.62. The number of halogens is 1. The maximum absolute atomic E-state index is 13.4. The number of anilines is 1. The van der Waals surface area contributed by atoms with Crippen LogP contribution in [0.15, 0.2) is 82.7 Å². The summed E-state index contributed by atoms with van der Waals surface area (Å²) in [5.41, 5.74) is 2.02. The maximum Gasteiger partial charge on any atom is 0.266 e. The Hall–Kier alpha value is -3.42. The predicted octanol–water partition coefficient (Wildman–Crippen LogP) is 5.36. The van der Waals surface area contributed by atoms with Crippen LogP contribution in [0, 0.1) is 0 Å². The van der Waals surface area contributed by atoms with Crippen molar-refractivity contribution in [2.75, 3.05) is 5.32 Å². The van der Waals surface area contributed by atoms with Gasteiger partial charge in [-0.2, -0.15) is 0 Å². The number of hydrogen-bond donors (Lipinski definition) is 1. The number of nitrogens with zero attached hydrogens (tertiary/aromatic N) is 2. The molecule has 1 amide bonds. The Morgan fingerprint density at radius 2 is 1.76 bits per heavy atom. The lowest BCUT2D eigenvalue weighted by Crippen LogP contribution is -2.23. The van der Waals surface area contributed by atoms with Gasteiger partial charge in [-0.3, -0.25) is 19.0 Å². The Labute approximate surface area is 199 Å². The second-order valence-electron chi connectivity index (χ2n) is 7.41. The van der Waals surface area contributed by atoms with Gasteiger partial charge in [-0.25, -0.2) is 4.98 Å². The molecule has 0 radical (unpaired) electrons. The van der Waals surface area contributed by atoms with E-state index in [1.165, 1.54) is 23.3 Å². The van der Waals surface area contributed by atoms with Crippen LogP contribution in [-0.2, 0) is 4.79 Å². The Bertz CT molecular complexity index is 1420. The highest BCUT2D eigenvalue weighted by Crippen LogP contribution is 2.28. The van der Waals surface area contributed by atoms with Gasteiger partial charge in [0.15, 0.2) is 10.9 Å². The number of fused-ring (bicyclic) bond motifs is 1. The van der Waals surface area contributed by atoms with Gasteiger partial charge in [-0.1, -0.05) is 41.6 Å². The molecule has 166 valence electrons. The molecular formula is C25H20ClN3O3S. The predicted molar refractivity (Wildman–Crippen MR) is 133 cm³/mol. The number of Topliss-reactive ketones (excluding diaryl/α,β-unsaturated/α-hetero) is 1. The number of hydrogen-bond acceptors (Lipinski definition) is 5. The molecular weight excluding hydrogens is 458 g/mol. The number of nitrogens with one attached hydrogen (secondary N) is 1. The molecule has 1 heterocycles. The fraction of sp³-hybridized carbons (Fsp3) is 0.120. The van der Waals surface area contributed by atoms with Crippen molar-refractivity contribution in [3.8, 4) is 5.69 Å². The average molecular weight is 478 g/mol. The third kappa shape index (κ3) is 4.99. The highest BCUT2D eigenvalue weighted by molar-refractivity contribution is 8.00. The van der Waals surface area contributed by atoms with Crippen LogP contribution in [-0.4, -0.2) is 26.5 Å². The Balaban J connectivity index is 1.71. The van der Waals surface area contributed by atoms with E-state index < -0.39 is 5.25 Å². The fourth-order valence-corrected chi connectivity index (χ4v) is 4.59. The van der Waals surface area contributed by atoms with Crippen molar-refractivity contribution in [3.05, 3.63) is 93.7 Å². The van der Waals surface area contributed by atoms with Crippen LogP contribution >= 0.6 is 23.4 Å². The smallest absolute Gasteiger partial charge is 0.266 e. The number of benzene rings is 3. The normalized spacial score (nSPS) is 11.8. The van der Waals surface area contributed by atoms with Gasteiger partial charge in [0.1, 0.15) is 0 Å². The van der Waals surface area contributed by atoms with E-state index in [0.717, 1.165) is 0 Å². The summed E-state index contributed by atoms with van der Waals surface area (Å²) in [6, 6.07) is 20.8. The molecule has 8 heteroatoms. The summed E-state index contributed by atoms with van der Waals surface area (Å²) in [6.07, 6.45) is 0. The number of aromatic nitrogens is 2. The Morgan fingerprint density at radius 1 is 1.03 bits per heavy atom. The first kappa shape index (κ1) is 22.8. The molecule has 0 aliphatic heterocycles. The summed E-state index contributed by atoms with van der Waals surface area (Å²) in [7, 11) is 0. The molecule has 1 N–H and O–H groups in total. The molecule has 0 aliphatic carbocycles. The van der Waals surface area contributed by atoms with Crippen LogP contribution < -0.4 is 10.9 Å². The van der Waals surface area contributed by atoms with Crippen molar-refractivity contribution < 1.29 is 9.59 Å². The zero-order chi connectivity index (χ0) is 23.5. The molecule has 0 aliphatic rings. The van der Waals surface area contributed by atoms with Gasteiger partial charge in [-0.05, 0) is 61.5 Å². The molecule has 0 bridgehead atoms. The van der Waals surface area contributed by atoms with Crippen molar-refractivity contribution in [2.45, 2.75) is 24.3 Å². The SMILES string of the molecule is CC(=O)Nc1ccc(C(=O)C(C)Sc2nc3ccccc3c(=O)n2-c2cccc(Cl)c2)cc1. The van der Waals surface area contributed by atoms with Gasteiger partial charge in [0, 0.05) is 23.2 Å². The van der Waals surface area contributed by atoms with Crippen LogP contribution in [0.25, 0.3) is 16.6 Å². The minimum absolute atomic E-state index is 0.116. The minimum Gasteiger partial charge on any atom is -0.326 e. The van der Waals surface area contributed by atoms with Crippen molar-refractivity contribution in [1.29, 1.82) is 0 Å². The highest BCUT2D eigenvalue weighted by Gasteiger charge is 2.21. The molecule has 0 fully saturated rings. The van der Waals surface area contributed by atoms with Gasteiger partial charge in [0.2, 0.25) is 5.91 Å². The number of ketones is 1. The van der Waals surface area contributed by atoms with Crippen molar-refractivity contribution >= 4 is 51.6 Å². The maximum atomic E-state index is 13.4. The molecule has 4 aromatic rings. The first-order valence-electron chi connectivity index (χ1n) is 10.2. The van der Waals surface area contributed by atoms with Crippen LogP contribution in [0.5, 0.6) is 0 Å². The van der Waals surface area contributed by atoms with E-state index in [0.29, 0.717) is 38.0 Å². The van der Waals surface area contributed by atoms with Gasteiger partial charge >= 0.3 is 0 Å². The number of rotatable bonds is 6. The van der Waals surface area contributed by atoms with Gasteiger partial charge in [0.25, 0.3) is 5.56 Å². The van der Waals surface area contributed by atoms with Crippen molar-refractivity contribution in [3.63, 3.8) is 0 Å². The van der Waals surface area contributed by atoms with Gasteiger partial charge in [-0.15, -0.1) is 0 Å². The molecule has 6 nitrogen and oxygen atoms in total. The van der Waals surface area contributed by atoms with Crippen LogP contribution in [0.3, 0.4) is 0 Å². The number of carbonyl (C=O) groups is 2. The first-order valence-corrected chi connectivity index (χ1v) is 11.5. The van der Waals surface area contributed by atoms with Crippen LogP contribution in [0.4, 0.5) is 5.69 Å². The molecule has 0 saturated heterocycles. The molecule has 0 saturated carbocycles.